The Morgan fingerprint density at radius 1 is 1.18 bits per heavy atom. The molecule has 0 fully saturated rings. The molecule has 0 bridgehead atoms. The van der Waals surface area contributed by atoms with Gasteiger partial charge in [0.1, 0.15) is 17.3 Å². The van der Waals surface area contributed by atoms with E-state index in [1.807, 2.05) is 20.8 Å². The SMILES string of the molecule is CCn1cc(C(F)(F)F)nc1-c1ccc([C@@H](C)N2C(=O)CCn3nc(-c4c(Cl)cnn4C(C)C)nc32)cc1OC. The van der Waals surface area contributed by atoms with Crippen LogP contribution in [-0.2, 0) is 24.1 Å². The van der Waals surface area contributed by atoms with Gasteiger partial charge in [-0.3, -0.25) is 14.4 Å². The predicted molar refractivity (Wildman–Crippen MR) is 142 cm³/mol. The van der Waals surface area contributed by atoms with Gasteiger partial charge in [0, 0.05) is 25.2 Å². The minimum Gasteiger partial charge on any atom is -0.496 e. The van der Waals surface area contributed by atoms with Gasteiger partial charge >= 0.3 is 6.18 Å². The molecule has 0 radical (unpaired) electrons. The van der Waals surface area contributed by atoms with Crippen LogP contribution in [0.1, 0.15) is 57.5 Å². The molecule has 0 aliphatic carbocycles. The fourth-order valence-electron chi connectivity index (χ4n) is 4.84. The number of halogens is 4. The van der Waals surface area contributed by atoms with E-state index in [2.05, 4.69) is 15.2 Å². The Hall–Kier alpha value is -3.87. The number of hydrogen-bond acceptors (Lipinski definition) is 6. The Morgan fingerprint density at radius 2 is 1.93 bits per heavy atom. The molecule has 5 rings (SSSR count). The largest absolute Gasteiger partial charge is 0.496 e. The highest BCUT2D eigenvalue weighted by atomic mass is 35.5. The smallest absolute Gasteiger partial charge is 0.434 e. The number of aryl methyl sites for hydroxylation is 2. The number of carbonyl (C=O) groups excluding carboxylic acids is 1. The molecule has 0 saturated carbocycles. The van der Waals surface area contributed by atoms with E-state index in [-0.39, 0.29) is 24.2 Å². The van der Waals surface area contributed by atoms with Crippen molar-refractivity contribution in [3.63, 3.8) is 0 Å². The van der Waals surface area contributed by atoms with E-state index in [4.69, 9.17) is 21.3 Å². The molecule has 0 spiro atoms. The number of benzene rings is 1. The van der Waals surface area contributed by atoms with Crippen LogP contribution in [0.4, 0.5) is 19.1 Å². The van der Waals surface area contributed by atoms with E-state index >= 15 is 0 Å². The average Bonchev–Trinajstić information content (AvgIpc) is 3.63. The summed E-state index contributed by atoms with van der Waals surface area (Å²) >= 11 is 6.42. The average molecular weight is 577 g/mol. The number of amides is 1. The van der Waals surface area contributed by atoms with E-state index in [1.165, 1.54) is 17.9 Å². The van der Waals surface area contributed by atoms with Crippen molar-refractivity contribution < 1.29 is 22.7 Å². The summed E-state index contributed by atoms with van der Waals surface area (Å²) in [7, 11) is 1.44. The van der Waals surface area contributed by atoms with Crippen molar-refractivity contribution in [3.8, 4) is 28.7 Å². The zero-order valence-corrected chi connectivity index (χ0v) is 23.3. The number of imidazole rings is 1. The Kier molecular flexibility index (Phi) is 7.11. The maximum absolute atomic E-state index is 13.4. The quantitative estimate of drug-likeness (QED) is 0.276. The van der Waals surface area contributed by atoms with Crippen LogP contribution in [0.2, 0.25) is 5.02 Å². The fourth-order valence-corrected chi connectivity index (χ4v) is 5.05. The van der Waals surface area contributed by atoms with Crippen LogP contribution in [0.3, 0.4) is 0 Å². The molecule has 212 valence electrons. The van der Waals surface area contributed by atoms with Gasteiger partial charge in [-0.2, -0.15) is 23.3 Å². The molecule has 40 heavy (non-hydrogen) atoms. The van der Waals surface area contributed by atoms with Gasteiger partial charge in [-0.25, -0.2) is 9.67 Å². The van der Waals surface area contributed by atoms with Crippen LogP contribution < -0.4 is 9.64 Å². The highest BCUT2D eigenvalue weighted by Crippen LogP contribution is 2.38. The lowest BCUT2D eigenvalue weighted by molar-refractivity contribution is -0.140. The van der Waals surface area contributed by atoms with Crippen molar-refractivity contribution in [1.82, 2.24) is 34.1 Å². The molecule has 3 aromatic heterocycles. The Morgan fingerprint density at radius 3 is 2.58 bits per heavy atom. The van der Waals surface area contributed by atoms with Crippen LogP contribution in [0.25, 0.3) is 22.9 Å². The predicted octanol–water partition coefficient (Wildman–Crippen LogP) is 5.78. The maximum atomic E-state index is 13.4. The van der Waals surface area contributed by atoms with Crippen molar-refractivity contribution in [3.05, 3.63) is 46.9 Å². The van der Waals surface area contributed by atoms with Gasteiger partial charge in [0.25, 0.3) is 0 Å². The van der Waals surface area contributed by atoms with Gasteiger partial charge < -0.3 is 9.30 Å². The second-order valence-electron chi connectivity index (χ2n) is 9.72. The molecular formula is C26H28ClF3N8O2. The number of ether oxygens (including phenoxy) is 1. The number of fused-ring (bicyclic) bond motifs is 1. The van der Waals surface area contributed by atoms with Gasteiger partial charge in [-0.1, -0.05) is 17.7 Å². The summed E-state index contributed by atoms with van der Waals surface area (Å²) in [6, 6.07) is 4.63. The topological polar surface area (TPSA) is 95.9 Å². The standard InChI is InChI=1S/C26H28ClF3N8O2/c1-6-35-13-20(26(28,29)30)32-24(35)17-8-7-16(11-19(17)40-5)15(4)37-21(39)9-10-36-25(37)33-23(34-36)22-18(27)12-31-38(22)14(2)3/h7-8,11-15H,6,9-10H2,1-5H3/t15-/m1/s1. The van der Waals surface area contributed by atoms with Gasteiger partial charge in [0.15, 0.2) is 5.69 Å². The van der Waals surface area contributed by atoms with Gasteiger partial charge in [-0.15, -0.1) is 5.10 Å². The van der Waals surface area contributed by atoms with Crippen molar-refractivity contribution in [2.45, 2.75) is 65.5 Å². The number of nitrogens with zero attached hydrogens (tertiary/aromatic N) is 8. The molecule has 1 amide bonds. The van der Waals surface area contributed by atoms with Crippen molar-refractivity contribution in [1.29, 1.82) is 0 Å². The summed E-state index contributed by atoms with van der Waals surface area (Å²) in [6.07, 6.45) is -1.82. The number of hydrogen-bond donors (Lipinski definition) is 0. The van der Waals surface area contributed by atoms with Crippen LogP contribution in [-0.4, -0.2) is 47.1 Å². The third-order valence-corrected chi connectivity index (χ3v) is 7.15. The van der Waals surface area contributed by atoms with Crippen LogP contribution in [0.5, 0.6) is 5.75 Å². The summed E-state index contributed by atoms with van der Waals surface area (Å²) in [4.78, 5) is 23.3. The van der Waals surface area contributed by atoms with E-state index in [0.29, 0.717) is 52.5 Å². The third kappa shape index (κ3) is 4.72. The number of alkyl halides is 3. The van der Waals surface area contributed by atoms with Crippen LogP contribution >= 0.6 is 11.6 Å². The second-order valence-corrected chi connectivity index (χ2v) is 10.1. The molecule has 1 aliphatic heterocycles. The van der Waals surface area contributed by atoms with Crippen molar-refractivity contribution in [2.75, 3.05) is 12.0 Å². The van der Waals surface area contributed by atoms with Crippen molar-refractivity contribution >= 4 is 23.5 Å². The molecule has 0 N–H and O–H groups in total. The number of carbonyl (C=O) groups is 1. The lowest BCUT2D eigenvalue weighted by Gasteiger charge is -2.31. The first-order valence-electron chi connectivity index (χ1n) is 12.8. The Labute approximate surface area is 233 Å². The molecular weight excluding hydrogens is 549 g/mol. The molecule has 1 atom stereocenters. The summed E-state index contributed by atoms with van der Waals surface area (Å²) in [5.74, 6) is 1.06. The third-order valence-electron chi connectivity index (χ3n) is 6.87. The van der Waals surface area contributed by atoms with Crippen LogP contribution in [0, 0.1) is 0 Å². The van der Waals surface area contributed by atoms with E-state index < -0.39 is 17.9 Å². The second kappa shape index (κ2) is 10.3. The Balaban J connectivity index is 1.53. The number of anilines is 1. The summed E-state index contributed by atoms with van der Waals surface area (Å²) in [6.45, 7) is 8.17. The first kappa shape index (κ1) is 27.7. The number of aromatic nitrogens is 7. The molecule has 10 nitrogen and oxygen atoms in total. The molecule has 0 saturated heterocycles. The normalized spacial score (nSPS) is 14.7. The molecule has 1 aromatic carbocycles. The first-order chi connectivity index (χ1) is 18.9. The van der Waals surface area contributed by atoms with Gasteiger partial charge in [0.05, 0.1) is 36.5 Å². The lowest BCUT2D eigenvalue weighted by Crippen LogP contribution is -2.39. The fraction of sp³-hybridized carbons (Fsp3) is 0.423. The summed E-state index contributed by atoms with van der Waals surface area (Å²) < 4.78 is 50.5. The Bertz CT molecular complexity index is 1570. The highest BCUT2D eigenvalue weighted by molar-refractivity contribution is 6.32. The minimum atomic E-state index is -4.57. The zero-order valence-electron chi connectivity index (χ0n) is 22.6. The molecule has 0 unspecified atom stereocenters. The summed E-state index contributed by atoms with van der Waals surface area (Å²) in [5.41, 5.74) is 0.691. The molecule has 4 aromatic rings. The highest BCUT2D eigenvalue weighted by Gasteiger charge is 2.36. The van der Waals surface area contributed by atoms with E-state index in [9.17, 15) is 18.0 Å². The van der Waals surface area contributed by atoms with E-state index in [0.717, 1.165) is 6.20 Å². The molecule has 14 heteroatoms. The van der Waals surface area contributed by atoms with Gasteiger partial charge in [0.2, 0.25) is 17.7 Å². The minimum absolute atomic E-state index is 0.0150. The summed E-state index contributed by atoms with van der Waals surface area (Å²) in [5, 5.41) is 9.36. The number of methoxy groups -OCH3 is 1. The molecule has 4 heterocycles. The lowest BCUT2D eigenvalue weighted by atomic mass is 10.0. The number of rotatable bonds is 7. The monoisotopic (exact) mass is 576 g/mol. The van der Waals surface area contributed by atoms with Crippen molar-refractivity contribution in [2.24, 2.45) is 0 Å². The maximum Gasteiger partial charge on any atom is 0.434 e. The van der Waals surface area contributed by atoms with Crippen LogP contribution in [0.15, 0.2) is 30.6 Å². The molecule has 1 aliphatic rings. The van der Waals surface area contributed by atoms with E-state index in [1.54, 1.807) is 39.4 Å². The van der Waals surface area contributed by atoms with Gasteiger partial charge in [-0.05, 0) is 45.4 Å². The zero-order chi connectivity index (χ0) is 28.9. The first-order valence-corrected chi connectivity index (χ1v) is 13.1.